The van der Waals surface area contributed by atoms with E-state index in [2.05, 4.69) is 169 Å². The zero-order chi connectivity index (χ0) is 40.0. The molecule has 12 aromatic rings. The molecule has 3 aromatic heterocycles. The highest BCUT2D eigenvalue weighted by atomic mass is 32.1. The number of fused-ring (bicyclic) bond motifs is 10. The van der Waals surface area contributed by atoms with Crippen molar-refractivity contribution in [2.75, 3.05) is 0 Å². The molecule has 5 nitrogen and oxygen atoms in total. The molecular formula is C55H33N3O2S. The monoisotopic (exact) mass is 799 g/mol. The average Bonchev–Trinajstić information content (AvgIpc) is 4.02. The van der Waals surface area contributed by atoms with Crippen LogP contribution in [0.2, 0.25) is 0 Å². The molecule has 1 aliphatic heterocycles. The van der Waals surface area contributed by atoms with Crippen molar-refractivity contribution in [1.82, 2.24) is 5.32 Å². The van der Waals surface area contributed by atoms with Crippen molar-refractivity contribution in [3.63, 3.8) is 0 Å². The summed E-state index contributed by atoms with van der Waals surface area (Å²) in [6.45, 7) is 0. The topological polar surface area (TPSA) is 63.0 Å². The van der Waals surface area contributed by atoms with Crippen LogP contribution in [-0.4, -0.2) is 11.7 Å². The lowest BCUT2D eigenvalue weighted by atomic mass is 9.98. The number of thiophene rings is 1. The van der Waals surface area contributed by atoms with Gasteiger partial charge in [-0.2, -0.15) is 0 Å². The van der Waals surface area contributed by atoms with Crippen molar-refractivity contribution >= 4 is 97.8 Å². The van der Waals surface area contributed by atoms with Gasteiger partial charge >= 0.3 is 0 Å². The normalized spacial score (nSPS) is 14.4. The van der Waals surface area contributed by atoms with Gasteiger partial charge in [0.25, 0.3) is 0 Å². The smallest absolute Gasteiger partial charge is 0.170 e. The van der Waals surface area contributed by atoms with E-state index in [1.807, 2.05) is 35.6 Å². The molecule has 1 N–H and O–H groups in total. The van der Waals surface area contributed by atoms with Crippen LogP contribution in [0.3, 0.4) is 0 Å². The van der Waals surface area contributed by atoms with E-state index in [9.17, 15) is 0 Å². The fourth-order valence-corrected chi connectivity index (χ4v) is 10.3. The maximum atomic E-state index is 6.66. The van der Waals surface area contributed by atoms with Crippen LogP contribution in [0, 0.1) is 0 Å². The lowest BCUT2D eigenvalue weighted by molar-refractivity contribution is 0.667. The van der Waals surface area contributed by atoms with E-state index < -0.39 is 6.17 Å². The maximum absolute atomic E-state index is 6.66. The highest BCUT2D eigenvalue weighted by Gasteiger charge is 2.26. The van der Waals surface area contributed by atoms with E-state index in [4.69, 9.17) is 18.8 Å². The van der Waals surface area contributed by atoms with Gasteiger partial charge in [-0.3, -0.25) is 0 Å². The summed E-state index contributed by atoms with van der Waals surface area (Å²) in [6.07, 6.45) is -0.540. The van der Waals surface area contributed by atoms with Gasteiger partial charge in [0.1, 0.15) is 34.0 Å². The van der Waals surface area contributed by atoms with Crippen molar-refractivity contribution < 1.29 is 8.83 Å². The highest BCUT2D eigenvalue weighted by molar-refractivity contribution is 7.25. The van der Waals surface area contributed by atoms with E-state index >= 15 is 0 Å². The summed E-state index contributed by atoms with van der Waals surface area (Å²) in [4.78, 5) is 10.9. The molecule has 1 atom stereocenters. The third-order valence-corrected chi connectivity index (χ3v) is 13.3. The van der Waals surface area contributed by atoms with Crippen LogP contribution < -0.4 is 5.32 Å². The van der Waals surface area contributed by atoms with Crippen LogP contribution in [0.4, 0.5) is 0 Å². The first-order valence-corrected chi connectivity index (χ1v) is 21.3. The third kappa shape index (κ3) is 5.53. The minimum atomic E-state index is -0.540. The third-order valence-electron chi connectivity index (χ3n) is 12.1. The quantitative estimate of drug-likeness (QED) is 0.189. The zero-order valence-corrected chi connectivity index (χ0v) is 33.4. The summed E-state index contributed by atoms with van der Waals surface area (Å²) in [5.74, 6) is 1.56. The Bertz CT molecular complexity index is 3810. The number of para-hydroxylation sites is 1. The van der Waals surface area contributed by atoms with Gasteiger partial charge in [-0.15, -0.1) is 11.3 Å². The fraction of sp³-hybridized carbons (Fsp3) is 0.0182. The molecule has 61 heavy (non-hydrogen) atoms. The first-order valence-electron chi connectivity index (χ1n) is 20.5. The summed E-state index contributed by atoms with van der Waals surface area (Å²) in [7, 11) is 0. The fourth-order valence-electron chi connectivity index (χ4n) is 9.20. The Kier molecular flexibility index (Phi) is 7.47. The van der Waals surface area contributed by atoms with Crippen molar-refractivity contribution in [3.8, 4) is 22.3 Å². The van der Waals surface area contributed by atoms with E-state index in [0.29, 0.717) is 0 Å². The second kappa shape index (κ2) is 13.4. The van der Waals surface area contributed by atoms with E-state index in [1.165, 1.54) is 36.7 Å². The van der Waals surface area contributed by atoms with Gasteiger partial charge in [0.05, 0.1) is 0 Å². The lowest BCUT2D eigenvalue weighted by Gasteiger charge is -2.23. The maximum Gasteiger partial charge on any atom is 0.170 e. The predicted octanol–water partition coefficient (Wildman–Crippen LogP) is 14.8. The van der Waals surface area contributed by atoms with E-state index in [-0.39, 0.29) is 0 Å². The molecular weight excluding hydrogens is 767 g/mol. The molecule has 286 valence electrons. The van der Waals surface area contributed by atoms with Crippen molar-refractivity contribution in [2.24, 2.45) is 9.98 Å². The number of hydrogen-bond acceptors (Lipinski definition) is 6. The van der Waals surface area contributed by atoms with Crippen LogP contribution in [0.25, 0.3) is 97.1 Å². The van der Waals surface area contributed by atoms with Gasteiger partial charge in [0.2, 0.25) is 0 Å². The molecule has 0 aliphatic carbocycles. The molecule has 6 heteroatoms. The molecule has 0 amide bonds. The SMILES string of the molecule is c1ccc(-c2ccc3cc(C4=NC(c5cccc6oc7cc(-c8ccc9c(c8)oc8ccccc89)ccc7c56)N=C(c5cccc6sc7ccccc7c56)N4)ccc3c2)cc1. The standard InChI is InChI=1S/C55H33N3O2S/c1-2-10-32(11-3-1)33-20-21-35-29-38(23-22-34(35)28-33)53-56-54(58-55(57-53)44-15-9-19-50-52(44)42-13-5-7-18-49(42)61-50)43-14-8-17-46-51(43)41-27-25-37(31-48(41)60-46)36-24-26-40-39-12-4-6-16-45(39)59-47(40)30-36/h1-31,54H,(H,56,57,58). The lowest BCUT2D eigenvalue weighted by Crippen LogP contribution is -2.36. The molecule has 9 aromatic carbocycles. The minimum Gasteiger partial charge on any atom is -0.456 e. The zero-order valence-electron chi connectivity index (χ0n) is 32.6. The number of amidine groups is 2. The van der Waals surface area contributed by atoms with Crippen LogP contribution in [0.15, 0.2) is 207 Å². The number of aliphatic imine (C=N–C) groups is 2. The van der Waals surface area contributed by atoms with Crippen LogP contribution >= 0.6 is 11.3 Å². The summed E-state index contributed by atoms with van der Waals surface area (Å²) in [5, 5.41) is 12.7. The number of benzene rings is 9. The van der Waals surface area contributed by atoms with Gasteiger partial charge in [-0.05, 0) is 93.7 Å². The van der Waals surface area contributed by atoms with Gasteiger partial charge in [-0.25, -0.2) is 9.98 Å². The molecule has 0 fully saturated rings. The van der Waals surface area contributed by atoms with Gasteiger partial charge in [-0.1, -0.05) is 127 Å². The summed E-state index contributed by atoms with van der Waals surface area (Å²) >= 11 is 1.81. The van der Waals surface area contributed by atoms with Crippen molar-refractivity contribution in [2.45, 2.75) is 6.17 Å². The number of nitrogens with zero attached hydrogens (tertiary/aromatic N) is 2. The Labute approximate surface area is 353 Å². The Morgan fingerprint density at radius 2 is 1.00 bits per heavy atom. The molecule has 4 heterocycles. The Morgan fingerprint density at radius 3 is 1.87 bits per heavy atom. The largest absolute Gasteiger partial charge is 0.456 e. The first-order chi connectivity index (χ1) is 30.2. The summed E-state index contributed by atoms with van der Waals surface area (Å²) in [6, 6.07) is 66.2. The minimum absolute atomic E-state index is 0.540. The van der Waals surface area contributed by atoms with Crippen LogP contribution in [-0.2, 0) is 0 Å². The van der Waals surface area contributed by atoms with Crippen LogP contribution in [0.1, 0.15) is 22.9 Å². The molecule has 0 saturated heterocycles. The van der Waals surface area contributed by atoms with Gasteiger partial charge < -0.3 is 14.2 Å². The second-order valence-corrected chi connectivity index (χ2v) is 16.8. The average molecular weight is 800 g/mol. The van der Waals surface area contributed by atoms with E-state index in [0.717, 1.165) is 88.8 Å². The number of rotatable bonds is 5. The number of furan rings is 2. The summed E-state index contributed by atoms with van der Waals surface area (Å²) in [5.41, 5.74) is 10.9. The Hall–Kier alpha value is -7.80. The molecule has 0 bridgehead atoms. The second-order valence-electron chi connectivity index (χ2n) is 15.7. The number of nitrogens with one attached hydrogen (secondary N) is 1. The van der Waals surface area contributed by atoms with Gasteiger partial charge in [0.15, 0.2) is 6.17 Å². The number of hydrogen-bond donors (Lipinski definition) is 1. The molecule has 1 aliphatic rings. The van der Waals surface area contributed by atoms with E-state index in [1.54, 1.807) is 0 Å². The molecule has 1 unspecified atom stereocenters. The summed E-state index contributed by atoms with van der Waals surface area (Å²) < 4.78 is 15.4. The highest BCUT2D eigenvalue weighted by Crippen LogP contribution is 2.41. The molecule has 0 spiro atoms. The molecule has 13 rings (SSSR count). The first kappa shape index (κ1) is 34.1. The van der Waals surface area contributed by atoms with Crippen molar-refractivity contribution in [3.05, 3.63) is 205 Å². The predicted molar refractivity (Wildman–Crippen MR) is 254 cm³/mol. The molecule has 0 radical (unpaired) electrons. The Balaban J connectivity index is 0.956. The Morgan fingerprint density at radius 1 is 0.393 bits per heavy atom. The van der Waals surface area contributed by atoms with Gasteiger partial charge in [0, 0.05) is 58.4 Å². The van der Waals surface area contributed by atoms with Crippen LogP contribution in [0.5, 0.6) is 0 Å². The van der Waals surface area contributed by atoms with Crippen molar-refractivity contribution in [1.29, 1.82) is 0 Å². The molecule has 0 saturated carbocycles.